The molecule has 2 fully saturated rings. The standard InChI is InChI=1S/C21H28N2O7S/c1-28-18-7-5-17(15-19(18)31(26,27)23-11-13-29-14-12-23)6-8-21(25)30-16-20(24)22-9-3-2-4-10-22/h5-8,15H,2-4,9-14,16H2,1H3. The maximum atomic E-state index is 13.0. The highest BCUT2D eigenvalue weighted by atomic mass is 32.2. The van der Waals surface area contributed by atoms with E-state index in [9.17, 15) is 18.0 Å². The summed E-state index contributed by atoms with van der Waals surface area (Å²) < 4.78 is 42.9. The van der Waals surface area contributed by atoms with Crippen LogP contribution in [-0.2, 0) is 29.1 Å². The average Bonchev–Trinajstić information content (AvgIpc) is 2.82. The van der Waals surface area contributed by atoms with Crippen LogP contribution in [0.3, 0.4) is 0 Å². The minimum atomic E-state index is -3.77. The SMILES string of the molecule is COc1ccc(C=CC(=O)OCC(=O)N2CCCCC2)cc1S(=O)(=O)N1CCOCC1. The Morgan fingerprint density at radius 2 is 1.81 bits per heavy atom. The van der Waals surface area contributed by atoms with Crippen LogP contribution in [0.4, 0.5) is 0 Å². The summed E-state index contributed by atoms with van der Waals surface area (Å²) in [7, 11) is -2.37. The smallest absolute Gasteiger partial charge is 0.331 e. The zero-order valence-electron chi connectivity index (χ0n) is 17.6. The minimum Gasteiger partial charge on any atom is -0.495 e. The van der Waals surface area contributed by atoms with E-state index in [1.165, 1.54) is 35.7 Å². The van der Waals surface area contributed by atoms with Crippen LogP contribution in [0.2, 0.25) is 0 Å². The lowest BCUT2D eigenvalue weighted by Crippen LogP contribution is -2.40. The zero-order valence-corrected chi connectivity index (χ0v) is 18.4. The first kappa shape index (κ1) is 23.2. The summed E-state index contributed by atoms with van der Waals surface area (Å²) in [4.78, 5) is 25.8. The number of amides is 1. The van der Waals surface area contributed by atoms with Gasteiger partial charge in [0.1, 0.15) is 10.6 Å². The summed E-state index contributed by atoms with van der Waals surface area (Å²) >= 11 is 0. The predicted octanol–water partition coefficient (Wildman–Crippen LogP) is 1.29. The Morgan fingerprint density at radius 1 is 1.10 bits per heavy atom. The van der Waals surface area contributed by atoms with Crippen LogP contribution in [-0.4, -0.2) is 82.6 Å². The molecule has 10 heteroatoms. The van der Waals surface area contributed by atoms with E-state index in [0.29, 0.717) is 31.9 Å². The molecular formula is C21H28N2O7S. The van der Waals surface area contributed by atoms with E-state index in [2.05, 4.69) is 0 Å². The molecule has 2 aliphatic heterocycles. The van der Waals surface area contributed by atoms with Gasteiger partial charge < -0.3 is 19.1 Å². The highest BCUT2D eigenvalue weighted by Crippen LogP contribution is 2.28. The fourth-order valence-electron chi connectivity index (χ4n) is 3.50. The topological polar surface area (TPSA) is 102 Å². The van der Waals surface area contributed by atoms with Gasteiger partial charge in [-0.1, -0.05) is 6.07 Å². The van der Waals surface area contributed by atoms with Crippen molar-refractivity contribution >= 4 is 28.0 Å². The lowest BCUT2D eigenvalue weighted by molar-refractivity contribution is -0.148. The van der Waals surface area contributed by atoms with Gasteiger partial charge in [-0.25, -0.2) is 13.2 Å². The molecule has 0 bridgehead atoms. The van der Waals surface area contributed by atoms with Crippen molar-refractivity contribution < 1.29 is 32.2 Å². The monoisotopic (exact) mass is 452 g/mol. The second-order valence-corrected chi connectivity index (χ2v) is 9.22. The van der Waals surface area contributed by atoms with Gasteiger partial charge in [0.15, 0.2) is 6.61 Å². The molecule has 0 saturated carbocycles. The number of carbonyl (C=O) groups is 2. The van der Waals surface area contributed by atoms with Crippen LogP contribution in [0.15, 0.2) is 29.2 Å². The second-order valence-electron chi connectivity index (χ2n) is 7.31. The van der Waals surface area contributed by atoms with Crippen molar-refractivity contribution in [2.24, 2.45) is 0 Å². The number of benzene rings is 1. The van der Waals surface area contributed by atoms with Gasteiger partial charge in [0.25, 0.3) is 5.91 Å². The largest absolute Gasteiger partial charge is 0.495 e. The average molecular weight is 453 g/mol. The van der Waals surface area contributed by atoms with E-state index in [4.69, 9.17) is 14.2 Å². The summed E-state index contributed by atoms with van der Waals surface area (Å²) in [5.74, 6) is -0.651. The summed E-state index contributed by atoms with van der Waals surface area (Å²) in [5, 5.41) is 0. The number of nitrogens with zero attached hydrogens (tertiary/aromatic N) is 2. The van der Waals surface area contributed by atoms with Crippen LogP contribution >= 0.6 is 0 Å². The molecule has 2 aliphatic rings. The molecule has 0 spiro atoms. The predicted molar refractivity (Wildman–Crippen MR) is 113 cm³/mol. The van der Waals surface area contributed by atoms with Gasteiger partial charge in [0.05, 0.1) is 20.3 Å². The van der Waals surface area contributed by atoms with E-state index >= 15 is 0 Å². The summed E-state index contributed by atoms with van der Waals surface area (Å²) in [6.07, 6.45) is 5.67. The minimum absolute atomic E-state index is 0.0210. The molecule has 31 heavy (non-hydrogen) atoms. The number of morpholine rings is 1. The van der Waals surface area contributed by atoms with Crippen molar-refractivity contribution in [2.45, 2.75) is 24.2 Å². The first-order chi connectivity index (χ1) is 14.9. The van der Waals surface area contributed by atoms with Crippen molar-refractivity contribution in [3.63, 3.8) is 0 Å². The summed E-state index contributed by atoms with van der Waals surface area (Å²) in [6, 6.07) is 4.63. The number of methoxy groups -OCH3 is 1. The first-order valence-corrected chi connectivity index (χ1v) is 11.7. The van der Waals surface area contributed by atoms with Crippen LogP contribution in [0.5, 0.6) is 5.75 Å². The van der Waals surface area contributed by atoms with Crippen molar-refractivity contribution in [1.82, 2.24) is 9.21 Å². The van der Waals surface area contributed by atoms with Gasteiger partial charge in [-0.15, -0.1) is 0 Å². The van der Waals surface area contributed by atoms with E-state index in [-0.39, 0.29) is 36.2 Å². The third-order valence-electron chi connectivity index (χ3n) is 5.23. The molecule has 3 rings (SSSR count). The third kappa shape index (κ3) is 6.05. The van der Waals surface area contributed by atoms with E-state index in [1.807, 2.05) is 0 Å². The molecule has 2 saturated heterocycles. The number of hydrogen-bond acceptors (Lipinski definition) is 7. The maximum absolute atomic E-state index is 13.0. The van der Waals surface area contributed by atoms with Gasteiger partial charge in [0.2, 0.25) is 10.0 Å². The van der Waals surface area contributed by atoms with E-state index in [0.717, 1.165) is 19.3 Å². The lowest BCUT2D eigenvalue weighted by atomic mass is 10.1. The number of piperidine rings is 1. The number of ether oxygens (including phenoxy) is 3. The third-order valence-corrected chi connectivity index (χ3v) is 7.15. The highest BCUT2D eigenvalue weighted by molar-refractivity contribution is 7.89. The molecule has 0 atom stereocenters. The second kappa shape index (κ2) is 10.7. The molecule has 2 heterocycles. The molecule has 0 unspecified atom stereocenters. The Labute approximate surface area is 182 Å². The van der Waals surface area contributed by atoms with Crippen molar-refractivity contribution in [1.29, 1.82) is 0 Å². The number of sulfonamides is 1. The molecule has 170 valence electrons. The normalized spacial score (nSPS) is 18.2. The molecule has 0 aromatic heterocycles. The zero-order chi connectivity index (χ0) is 22.3. The Kier molecular flexibility index (Phi) is 8.05. The molecule has 0 radical (unpaired) electrons. The number of esters is 1. The van der Waals surface area contributed by atoms with Crippen molar-refractivity contribution in [3.8, 4) is 5.75 Å². The number of rotatable bonds is 7. The van der Waals surface area contributed by atoms with Crippen LogP contribution in [0.1, 0.15) is 24.8 Å². The lowest BCUT2D eigenvalue weighted by Gasteiger charge is -2.26. The van der Waals surface area contributed by atoms with Crippen LogP contribution < -0.4 is 4.74 Å². The van der Waals surface area contributed by atoms with Gasteiger partial charge in [-0.05, 0) is 43.0 Å². The summed E-state index contributed by atoms with van der Waals surface area (Å²) in [6.45, 7) is 2.29. The molecule has 1 aromatic rings. The van der Waals surface area contributed by atoms with Gasteiger partial charge in [-0.2, -0.15) is 4.31 Å². The number of carbonyl (C=O) groups excluding carboxylic acids is 2. The Bertz CT molecular complexity index is 918. The molecular weight excluding hydrogens is 424 g/mol. The Balaban J connectivity index is 1.65. The van der Waals surface area contributed by atoms with Crippen LogP contribution in [0.25, 0.3) is 6.08 Å². The number of likely N-dealkylation sites (tertiary alicyclic amines) is 1. The molecule has 1 amide bonds. The van der Waals surface area contributed by atoms with Gasteiger partial charge >= 0.3 is 5.97 Å². The molecule has 0 aliphatic carbocycles. The molecule has 1 aromatic carbocycles. The van der Waals surface area contributed by atoms with Crippen molar-refractivity contribution in [2.75, 3.05) is 53.1 Å². The van der Waals surface area contributed by atoms with Crippen LogP contribution in [0, 0.1) is 0 Å². The fraction of sp³-hybridized carbons (Fsp3) is 0.524. The summed E-state index contributed by atoms with van der Waals surface area (Å²) in [5.41, 5.74) is 0.493. The molecule has 9 nitrogen and oxygen atoms in total. The maximum Gasteiger partial charge on any atom is 0.331 e. The quantitative estimate of drug-likeness (QED) is 0.454. The van der Waals surface area contributed by atoms with Crippen molar-refractivity contribution in [3.05, 3.63) is 29.8 Å². The number of hydrogen-bond donors (Lipinski definition) is 0. The van der Waals surface area contributed by atoms with E-state index in [1.54, 1.807) is 11.0 Å². The van der Waals surface area contributed by atoms with Gasteiger partial charge in [0, 0.05) is 32.3 Å². The Hall–Kier alpha value is -2.43. The van der Waals surface area contributed by atoms with Gasteiger partial charge in [-0.3, -0.25) is 4.79 Å². The first-order valence-electron chi connectivity index (χ1n) is 10.3. The Morgan fingerprint density at radius 3 is 2.48 bits per heavy atom. The fourth-order valence-corrected chi connectivity index (χ4v) is 5.10. The highest BCUT2D eigenvalue weighted by Gasteiger charge is 2.29. The van der Waals surface area contributed by atoms with E-state index < -0.39 is 16.0 Å². The molecule has 0 N–H and O–H groups in total.